The van der Waals surface area contributed by atoms with Crippen LogP contribution < -0.4 is 5.11 Å². The minimum atomic E-state index is -1.27. The molecule has 7 nitrogen and oxygen atoms in total. The van der Waals surface area contributed by atoms with Crippen molar-refractivity contribution in [3.05, 3.63) is 0 Å². The average Bonchev–Trinajstić information content (AvgIpc) is 2.76. The van der Waals surface area contributed by atoms with E-state index >= 15 is 0 Å². The van der Waals surface area contributed by atoms with Crippen LogP contribution in [0.3, 0.4) is 0 Å². The Bertz CT molecular complexity index is 539. The van der Waals surface area contributed by atoms with E-state index in [0.29, 0.717) is 12.8 Å². The van der Waals surface area contributed by atoms with Gasteiger partial charge in [-0.25, -0.2) is 0 Å². The van der Waals surface area contributed by atoms with Gasteiger partial charge in [0.05, 0.1) is 18.3 Å². The van der Waals surface area contributed by atoms with Gasteiger partial charge in [-0.2, -0.15) is 0 Å². The molecular weight excluding hydrogens is 436 g/mol. The molecule has 34 heavy (non-hydrogen) atoms. The summed E-state index contributed by atoms with van der Waals surface area (Å²) in [6.07, 6.45) is 15.6. The number of ether oxygens (including phenoxy) is 2. The van der Waals surface area contributed by atoms with Crippen molar-refractivity contribution in [1.29, 1.82) is 0 Å². The quantitative estimate of drug-likeness (QED) is 0.185. The summed E-state index contributed by atoms with van der Waals surface area (Å²) < 4.78 is 11.4. The monoisotopic (exact) mass is 485 g/mol. The molecule has 0 unspecified atom stereocenters. The fraction of sp³-hybridized carbons (Fsp3) is 0.926. The number of carboxylic acid groups (broad SMARTS) is 1. The highest BCUT2D eigenvalue weighted by Gasteiger charge is 2.35. The third-order valence-electron chi connectivity index (χ3n) is 6.71. The smallest absolute Gasteiger partial charge is 0.184 e. The zero-order valence-electron chi connectivity index (χ0n) is 21.6. The highest BCUT2D eigenvalue weighted by Crippen LogP contribution is 2.23. The molecule has 200 valence electrons. The molecular formula is C27H49O7-. The number of rotatable bonds is 21. The molecule has 0 aliphatic carbocycles. The summed E-state index contributed by atoms with van der Waals surface area (Å²) in [5.41, 5.74) is 0. The molecule has 1 fully saturated rings. The molecule has 0 bridgehead atoms. The SMILES string of the molecule is C[C@H](CCCCCCCCCCCCCCCCC(=O)CC(=O)[O-])O[C@@H]1O[C@@H](C)[C@H](O)C[C@H]1O. The molecule has 2 N–H and O–H groups in total. The van der Waals surface area contributed by atoms with Gasteiger partial charge in [0.1, 0.15) is 11.9 Å². The first-order chi connectivity index (χ1) is 16.3. The van der Waals surface area contributed by atoms with Crippen LogP contribution in [0.4, 0.5) is 0 Å². The van der Waals surface area contributed by atoms with E-state index in [4.69, 9.17) is 9.47 Å². The number of Topliss-reactive ketones (excluding diaryl/α,β-unsaturated/α-hetero) is 1. The van der Waals surface area contributed by atoms with Crippen molar-refractivity contribution in [2.45, 2.75) is 160 Å². The Hall–Kier alpha value is -1.02. The second kappa shape index (κ2) is 19.2. The maximum Gasteiger partial charge on any atom is 0.184 e. The molecule has 5 atom stereocenters. The van der Waals surface area contributed by atoms with E-state index in [1.54, 1.807) is 6.92 Å². The van der Waals surface area contributed by atoms with Crippen LogP contribution in [0.2, 0.25) is 0 Å². The maximum atomic E-state index is 11.3. The van der Waals surface area contributed by atoms with Crippen molar-refractivity contribution in [3.8, 4) is 0 Å². The van der Waals surface area contributed by atoms with Crippen molar-refractivity contribution in [2.75, 3.05) is 0 Å². The Morgan fingerprint density at radius 1 is 0.853 bits per heavy atom. The Morgan fingerprint density at radius 2 is 1.32 bits per heavy atom. The number of carbonyl (C=O) groups is 2. The first kappa shape index (κ1) is 31.0. The van der Waals surface area contributed by atoms with Gasteiger partial charge in [-0.3, -0.25) is 4.79 Å². The Kier molecular flexibility index (Phi) is 17.5. The molecule has 0 aromatic rings. The zero-order chi connectivity index (χ0) is 25.2. The molecule has 0 radical (unpaired) electrons. The molecule has 1 heterocycles. The lowest BCUT2D eigenvalue weighted by atomic mass is 10.0. The number of carbonyl (C=O) groups excluding carboxylic acids is 2. The van der Waals surface area contributed by atoms with Crippen molar-refractivity contribution in [1.82, 2.24) is 0 Å². The maximum absolute atomic E-state index is 11.3. The van der Waals surface area contributed by atoms with E-state index in [2.05, 4.69) is 0 Å². The van der Waals surface area contributed by atoms with Gasteiger partial charge in [-0.05, 0) is 26.7 Å². The highest BCUT2D eigenvalue weighted by atomic mass is 16.7. The Labute approximate surface area is 206 Å². The number of aliphatic hydroxyl groups excluding tert-OH is 2. The van der Waals surface area contributed by atoms with Crippen LogP contribution in [0.1, 0.15) is 129 Å². The summed E-state index contributed by atoms with van der Waals surface area (Å²) in [4.78, 5) is 21.6. The predicted molar refractivity (Wildman–Crippen MR) is 130 cm³/mol. The standard InChI is InChI=1S/C27H50O7/c1-21(33-27-25(30)20-24(29)22(2)34-27)17-15-13-11-9-7-5-3-4-6-8-10-12-14-16-18-23(28)19-26(31)32/h21-22,24-25,27,29-30H,3-20H2,1-2H3,(H,31,32)/p-1/t21-,22+,24-,25-,27-/m1/s1. The van der Waals surface area contributed by atoms with Gasteiger partial charge < -0.3 is 29.6 Å². The number of aliphatic hydroxyl groups is 2. The van der Waals surface area contributed by atoms with Gasteiger partial charge in [-0.15, -0.1) is 0 Å². The van der Waals surface area contributed by atoms with Gasteiger partial charge in [0.15, 0.2) is 6.29 Å². The lowest BCUT2D eigenvalue weighted by Crippen LogP contribution is -2.48. The first-order valence-electron chi connectivity index (χ1n) is 13.7. The van der Waals surface area contributed by atoms with E-state index in [1.165, 1.54) is 64.2 Å². The number of unbranched alkanes of at least 4 members (excludes halogenated alkanes) is 13. The normalized spacial score (nSPS) is 23.6. The molecule has 0 saturated carbocycles. The third kappa shape index (κ3) is 15.8. The number of carboxylic acids is 1. The minimum Gasteiger partial charge on any atom is -0.550 e. The van der Waals surface area contributed by atoms with E-state index in [1.807, 2.05) is 6.92 Å². The van der Waals surface area contributed by atoms with E-state index in [-0.39, 0.29) is 18.0 Å². The third-order valence-corrected chi connectivity index (χ3v) is 6.71. The van der Waals surface area contributed by atoms with Gasteiger partial charge in [-0.1, -0.05) is 83.5 Å². The molecule has 0 spiro atoms. The molecule has 7 heteroatoms. The van der Waals surface area contributed by atoms with E-state index in [0.717, 1.165) is 32.1 Å². The van der Waals surface area contributed by atoms with Crippen molar-refractivity contribution in [3.63, 3.8) is 0 Å². The summed E-state index contributed by atoms with van der Waals surface area (Å²) in [7, 11) is 0. The molecule has 1 aliphatic heterocycles. The number of aliphatic carboxylic acids is 1. The topological polar surface area (TPSA) is 116 Å². The van der Waals surface area contributed by atoms with E-state index < -0.39 is 30.9 Å². The van der Waals surface area contributed by atoms with Crippen LogP contribution in [-0.2, 0) is 19.1 Å². The highest BCUT2D eigenvalue weighted by molar-refractivity contribution is 5.93. The van der Waals surface area contributed by atoms with Crippen LogP contribution in [-0.4, -0.2) is 52.7 Å². The fourth-order valence-corrected chi connectivity index (χ4v) is 4.49. The van der Waals surface area contributed by atoms with Gasteiger partial charge >= 0.3 is 0 Å². The largest absolute Gasteiger partial charge is 0.550 e. The number of hydrogen-bond donors (Lipinski definition) is 2. The van der Waals surface area contributed by atoms with Crippen LogP contribution in [0.25, 0.3) is 0 Å². The van der Waals surface area contributed by atoms with Crippen molar-refractivity contribution in [2.24, 2.45) is 0 Å². The van der Waals surface area contributed by atoms with Crippen molar-refractivity contribution >= 4 is 11.8 Å². The molecule has 1 rings (SSSR count). The van der Waals surface area contributed by atoms with Crippen LogP contribution >= 0.6 is 0 Å². The summed E-state index contributed by atoms with van der Waals surface area (Å²) in [6.45, 7) is 3.83. The average molecular weight is 486 g/mol. The molecule has 1 saturated heterocycles. The number of ketones is 1. The van der Waals surface area contributed by atoms with Crippen LogP contribution in [0, 0.1) is 0 Å². The predicted octanol–water partition coefficient (Wildman–Crippen LogP) is 4.20. The molecule has 0 aromatic heterocycles. The van der Waals surface area contributed by atoms with Crippen molar-refractivity contribution < 1.29 is 34.4 Å². The lowest BCUT2D eigenvalue weighted by Gasteiger charge is -2.36. The first-order valence-corrected chi connectivity index (χ1v) is 13.7. The van der Waals surface area contributed by atoms with Gasteiger partial charge in [0, 0.05) is 25.2 Å². The molecule has 1 aliphatic rings. The van der Waals surface area contributed by atoms with Gasteiger partial charge in [0.2, 0.25) is 0 Å². The van der Waals surface area contributed by atoms with Crippen LogP contribution in [0.5, 0.6) is 0 Å². The molecule has 0 amide bonds. The number of hydrogen-bond acceptors (Lipinski definition) is 7. The summed E-state index contributed by atoms with van der Waals surface area (Å²) in [6, 6.07) is 0. The summed E-state index contributed by atoms with van der Waals surface area (Å²) in [5, 5.41) is 30.1. The minimum absolute atomic E-state index is 0.0408. The lowest BCUT2D eigenvalue weighted by molar-refractivity contribution is -0.304. The Balaban J connectivity index is 1.82. The Morgan fingerprint density at radius 3 is 1.82 bits per heavy atom. The summed E-state index contributed by atoms with van der Waals surface area (Å²) in [5.74, 6) is -1.49. The molecule has 0 aromatic carbocycles. The fourth-order valence-electron chi connectivity index (χ4n) is 4.49. The van der Waals surface area contributed by atoms with Gasteiger partial charge in [0.25, 0.3) is 0 Å². The zero-order valence-corrected chi connectivity index (χ0v) is 21.6. The summed E-state index contributed by atoms with van der Waals surface area (Å²) >= 11 is 0. The van der Waals surface area contributed by atoms with Crippen LogP contribution in [0.15, 0.2) is 0 Å². The second-order valence-corrected chi connectivity index (χ2v) is 10.1. The second-order valence-electron chi connectivity index (χ2n) is 10.1. The van der Waals surface area contributed by atoms with E-state index in [9.17, 15) is 24.9 Å².